The van der Waals surface area contributed by atoms with Crippen molar-refractivity contribution in [3.05, 3.63) is 76.5 Å². The molecule has 6 rings (SSSR count). The number of Topliss-reactive ketones (excluding diaryl/α,β-unsaturated/α-hetero) is 1. The van der Waals surface area contributed by atoms with Gasteiger partial charge in [-0.05, 0) is 48.0 Å². The first-order valence-electron chi connectivity index (χ1n) is 11.0. The molecule has 0 fully saturated rings. The van der Waals surface area contributed by atoms with Crippen LogP contribution in [-0.2, 0) is 4.79 Å². The zero-order valence-corrected chi connectivity index (χ0v) is 19.0. The van der Waals surface area contributed by atoms with Crippen molar-refractivity contribution < 1.29 is 38.0 Å². The predicted octanol–water partition coefficient (Wildman–Crippen LogP) is 4.49. The van der Waals surface area contributed by atoms with Gasteiger partial charge in [-0.3, -0.25) is 9.59 Å². The Bertz CT molecular complexity index is 1420. The first-order valence-corrected chi connectivity index (χ1v) is 11.0. The first kappa shape index (κ1) is 21.1. The molecule has 3 aromatic rings. The predicted molar refractivity (Wildman–Crippen MR) is 124 cm³/mol. The minimum absolute atomic E-state index is 0.103. The van der Waals surface area contributed by atoms with Crippen LogP contribution in [0.4, 0.5) is 0 Å². The number of ether oxygens (including phenoxy) is 6. The summed E-state index contributed by atoms with van der Waals surface area (Å²) < 4.78 is 33.3. The van der Waals surface area contributed by atoms with Crippen molar-refractivity contribution in [2.24, 2.45) is 0 Å². The molecule has 1 atom stereocenters. The average Bonchev–Trinajstić information content (AvgIpc) is 3.47. The van der Waals surface area contributed by atoms with Crippen molar-refractivity contribution in [1.82, 2.24) is 0 Å². The maximum atomic E-state index is 13.3. The standard InChI is InChI=1S/C27H20O8/c1-30-16-5-3-15(21(11-16)31-2)10-23-26(29)17-6-8-20-25(27(17)35-23)18(12-24(28)34-20)14-4-7-19-22(9-14)33-13-32-19/h3-11,18H,12-13H2,1-2H3/b23-10-/t18-/m0/s1. The van der Waals surface area contributed by atoms with E-state index in [1.54, 1.807) is 50.6 Å². The summed E-state index contributed by atoms with van der Waals surface area (Å²) in [4.78, 5) is 25.7. The van der Waals surface area contributed by atoms with E-state index in [9.17, 15) is 9.59 Å². The third-order valence-electron chi connectivity index (χ3n) is 6.31. The molecule has 0 radical (unpaired) electrons. The van der Waals surface area contributed by atoms with E-state index < -0.39 is 0 Å². The van der Waals surface area contributed by atoms with Crippen molar-refractivity contribution >= 4 is 17.8 Å². The lowest BCUT2D eigenvalue weighted by Gasteiger charge is -2.26. The molecule has 0 spiro atoms. The number of rotatable bonds is 4. The van der Waals surface area contributed by atoms with Crippen LogP contribution in [0.1, 0.15) is 39.4 Å². The molecule has 3 aromatic carbocycles. The lowest BCUT2D eigenvalue weighted by Crippen LogP contribution is -2.21. The fourth-order valence-electron chi connectivity index (χ4n) is 4.60. The Balaban J connectivity index is 1.43. The van der Waals surface area contributed by atoms with Gasteiger partial charge in [0.15, 0.2) is 17.3 Å². The van der Waals surface area contributed by atoms with Crippen LogP contribution >= 0.6 is 0 Å². The number of fused-ring (bicyclic) bond motifs is 4. The van der Waals surface area contributed by atoms with Gasteiger partial charge in [0.25, 0.3) is 0 Å². The van der Waals surface area contributed by atoms with Crippen molar-refractivity contribution in [2.45, 2.75) is 12.3 Å². The normalized spacial score (nSPS) is 18.6. The lowest BCUT2D eigenvalue weighted by molar-refractivity contribution is -0.135. The van der Waals surface area contributed by atoms with Crippen LogP contribution in [0.25, 0.3) is 6.08 Å². The molecular formula is C27H20O8. The molecule has 0 N–H and O–H groups in total. The number of esters is 1. The molecule has 0 aliphatic carbocycles. The van der Waals surface area contributed by atoms with Crippen LogP contribution in [0.15, 0.2) is 54.3 Å². The second-order valence-electron chi connectivity index (χ2n) is 8.25. The van der Waals surface area contributed by atoms with E-state index in [0.717, 1.165) is 5.56 Å². The molecule has 3 aliphatic heterocycles. The summed E-state index contributed by atoms with van der Waals surface area (Å²) in [5.41, 5.74) is 2.56. The molecule has 35 heavy (non-hydrogen) atoms. The molecule has 0 saturated heterocycles. The maximum absolute atomic E-state index is 13.3. The highest BCUT2D eigenvalue weighted by molar-refractivity contribution is 6.15. The number of carbonyl (C=O) groups excluding carboxylic acids is 2. The van der Waals surface area contributed by atoms with E-state index in [0.29, 0.717) is 51.2 Å². The smallest absolute Gasteiger partial charge is 0.312 e. The van der Waals surface area contributed by atoms with Gasteiger partial charge in [-0.1, -0.05) is 6.07 Å². The van der Waals surface area contributed by atoms with Crippen LogP contribution < -0.4 is 28.4 Å². The molecule has 0 bridgehead atoms. The monoisotopic (exact) mass is 472 g/mol. The number of allylic oxidation sites excluding steroid dienone is 1. The van der Waals surface area contributed by atoms with Crippen LogP contribution in [-0.4, -0.2) is 32.8 Å². The quantitative estimate of drug-likeness (QED) is 0.312. The molecule has 176 valence electrons. The van der Waals surface area contributed by atoms with Gasteiger partial charge in [-0.15, -0.1) is 0 Å². The van der Waals surface area contributed by atoms with Gasteiger partial charge in [0, 0.05) is 23.1 Å². The Labute approximate surface area is 200 Å². The Morgan fingerprint density at radius 1 is 0.886 bits per heavy atom. The van der Waals surface area contributed by atoms with Crippen LogP contribution in [0.5, 0.6) is 34.5 Å². The zero-order chi connectivity index (χ0) is 24.1. The summed E-state index contributed by atoms with van der Waals surface area (Å²) in [7, 11) is 3.11. The number of hydrogen-bond donors (Lipinski definition) is 0. The van der Waals surface area contributed by atoms with E-state index in [1.807, 2.05) is 18.2 Å². The molecule has 0 saturated carbocycles. The van der Waals surface area contributed by atoms with Crippen LogP contribution in [0, 0.1) is 0 Å². The Morgan fingerprint density at radius 3 is 2.54 bits per heavy atom. The van der Waals surface area contributed by atoms with E-state index >= 15 is 0 Å². The number of hydrogen-bond acceptors (Lipinski definition) is 8. The minimum atomic E-state index is -0.377. The Kier molecular flexibility index (Phi) is 4.88. The topological polar surface area (TPSA) is 89.5 Å². The number of carbonyl (C=O) groups is 2. The first-order chi connectivity index (χ1) is 17.1. The Hall–Kier alpha value is -4.46. The third-order valence-corrected chi connectivity index (χ3v) is 6.31. The molecule has 0 aromatic heterocycles. The number of ketones is 1. The van der Waals surface area contributed by atoms with E-state index in [2.05, 4.69) is 0 Å². The van der Waals surface area contributed by atoms with Crippen molar-refractivity contribution in [3.8, 4) is 34.5 Å². The summed E-state index contributed by atoms with van der Waals surface area (Å²) in [6.45, 7) is 0.151. The highest BCUT2D eigenvalue weighted by Gasteiger charge is 2.39. The van der Waals surface area contributed by atoms with E-state index in [1.165, 1.54) is 0 Å². The summed E-state index contributed by atoms with van der Waals surface area (Å²) >= 11 is 0. The van der Waals surface area contributed by atoms with Gasteiger partial charge in [0.05, 0.1) is 26.2 Å². The number of benzene rings is 3. The van der Waals surface area contributed by atoms with Gasteiger partial charge in [-0.25, -0.2) is 0 Å². The molecular weight excluding hydrogens is 452 g/mol. The highest BCUT2D eigenvalue weighted by Crippen LogP contribution is 2.50. The summed E-state index contributed by atoms with van der Waals surface area (Å²) in [6, 6.07) is 14.1. The van der Waals surface area contributed by atoms with E-state index in [4.69, 9.17) is 28.4 Å². The van der Waals surface area contributed by atoms with Crippen molar-refractivity contribution in [1.29, 1.82) is 0 Å². The third kappa shape index (κ3) is 3.45. The van der Waals surface area contributed by atoms with Crippen LogP contribution in [0.3, 0.4) is 0 Å². The average molecular weight is 472 g/mol. The lowest BCUT2D eigenvalue weighted by atomic mass is 9.84. The molecule has 3 aliphatic rings. The van der Waals surface area contributed by atoms with Crippen LogP contribution in [0.2, 0.25) is 0 Å². The second-order valence-corrected chi connectivity index (χ2v) is 8.25. The van der Waals surface area contributed by atoms with E-state index in [-0.39, 0.29) is 36.6 Å². The van der Waals surface area contributed by atoms with Gasteiger partial charge in [0.2, 0.25) is 12.6 Å². The molecule has 8 heteroatoms. The molecule has 0 unspecified atom stereocenters. The second kappa shape index (κ2) is 8.09. The van der Waals surface area contributed by atoms with Gasteiger partial charge in [-0.2, -0.15) is 0 Å². The fraction of sp³-hybridized carbons (Fsp3) is 0.185. The fourth-order valence-corrected chi connectivity index (χ4v) is 4.60. The Morgan fingerprint density at radius 2 is 1.71 bits per heavy atom. The molecule has 3 heterocycles. The van der Waals surface area contributed by atoms with Gasteiger partial charge < -0.3 is 28.4 Å². The highest BCUT2D eigenvalue weighted by atomic mass is 16.7. The van der Waals surface area contributed by atoms with Gasteiger partial charge >= 0.3 is 5.97 Å². The van der Waals surface area contributed by atoms with Crippen molar-refractivity contribution in [3.63, 3.8) is 0 Å². The molecule has 8 nitrogen and oxygen atoms in total. The number of methoxy groups -OCH3 is 2. The SMILES string of the molecule is COc1ccc(/C=C2\Oc3c(ccc4c3[C@H](c3ccc5c(c3)OCO5)CC(=O)O4)C2=O)c(OC)c1. The summed E-state index contributed by atoms with van der Waals surface area (Å²) in [5.74, 6) is 2.35. The van der Waals surface area contributed by atoms with Gasteiger partial charge in [0.1, 0.15) is 23.0 Å². The van der Waals surface area contributed by atoms with Crippen molar-refractivity contribution in [2.75, 3.05) is 21.0 Å². The molecule has 0 amide bonds. The minimum Gasteiger partial charge on any atom is -0.497 e. The zero-order valence-electron chi connectivity index (χ0n) is 19.0. The largest absolute Gasteiger partial charge is 0.497 e. The summed E-state index contributed by atoms with van der Waals surface area (Å²) in [5, 5.41) is 0. The summed E-state index contributed by atoms with van der Waals surface area (Å²) in [6.07, 6.45) is 1.74. The maximum Gasteiger partial charge on any atom is 0.312 e.